The number of hydrogen-bond donors (Lipinski definition) is 2. The molecule has 0 unspecified atom stereocenters. The summed E-state index contributed by atoms with van der Waals surface area (Å²) in [4.78, 5) is 32.2. The lowest BCUT2D eigenvalue weighted by Crippen LogP contribution is -2.28. The standard InChI is InChI=1S/C18H22N4O3/c1-11(2)10-19-16(23)15-9-12(3)20-18(22-15)21-14-7-5-13(6-8-14)17(24)25-4/h5-9,11H,10H2,1-4H3,(H,19,23)(H,20,21,22). The second-order valence-corrected chi connectivity index (χ2v) is 6.02. The zero-order valence-electron chi connectivity index (χ0n) is 14.8. The minimum absolute atomic E-state index is 0.233. The van der Waals surface area contributed by atoms with Crippen molar-refractivity contribution in [1.82, 2.24) is 15.3 Å². The first-order valence-electron chi connectivity index (χ1n) is 7.98. The van der Waals surface area contributed by atoms with Crippen LogP contribution in [0.25, 0.3) is 0 Å². The molecule has 25 heavy (non-hydrogen) atoms. The van der Waals surface area contributed by atoms with E-state index < -0.39 is 5.97 Å². The van der Waals surface area contributed by atoms with Crippen LogP contribution < -0.4 is 10.6 Å². The predicted octanol–water partition coefficient (Wildman–Crippen LogP) is 2.70. The minimum Gasteiger partial charge on any atom is -0.465 e. The van der Waals surface area contributed by atoms with Crippen molar-refractivity contribution in [2.75, 3.05) is 19.0 Å². The molecule has 0 saturated carbocycles. The van der Waals surface area contributed by atoms with Crippen LogP contribution in [-0.4, -0.2) is 35.5 Å². The highest BCUT2D eigenvalue weighted by Crippen LogP contribution is 2.15. The zero-order chi connectivity index (χ0) is 18.4. The summed E-state index contributed by atoms with van der Waals surface area (Å²) in [5.41, 5.74) is 2.14. The first-order valence-corrected chi connectivity index (χ1v) is 7.98. The number of carbonyl (C=O) groups excluding carboxylic acids is 2. The molecule has 0 aliphatic carbocycles. The molecule has 0 fully saturated rings. The Balaban J connectivity index is 2.14. The van der Waals surface area contributed by atoms with Crippen molar-refractivity contribution in [2.24, 2.45) is 5.92 Å². The lowest BCUT2D eigenvalue weighted by Gasteiger charge is -2.10. The first kappa shape index (κ1) is 18.4. The van der Waals surface area contributed by atoms with E-state index in [1.165, 1.54) is 7.11 Å². The molecule has 0 saturated heterocycles. The molecule has 132 valence electrons. The van der Waals surface area contributed by atoms with Crippen LogP contribution in [0, 0.1) is 12.8 Å². The third kappa shape index (κ3) is 5.27. The van der Waals surface area contributed by atoms with E-state index in [4.69, 9.17) is 0 Å². The number of ether oxygens (including phenoxy) is 1. The monoisotopic (exact) mass is 342 g/mol. The molecule has 7 heteroatoms. The molecule has 1 aromatic heterocycles. The summed E-state index contributed by atoms with van der Waals surface area (Å²) in [5.74, 6) is 0.0454. The number of aryl methyl sites for hydroxylation is 1. The van der Waals surface area contributed by atoms with E-state index in [-0.39, 0.29) is 5.91 Å². The fourth-order valence-electron chi connectivity index (χ4n) is 2.06. The van der Waals surface area contributed by atoms with Gasteiger partial charge in [-0.15, -0.1) is 0 Å². The van der Waals surface area contributed by atoms with Gasteiger partial charge in [0.05, 0.1) is 12.7 Å². The molecule has 1 amide bonds. The molecule has 2 N–H and O–H groups in total. The van der Waals surface area contributed by atoms with Crippen molar-refractivity contribution >= 4 is 23.5 Å². The third-order valence-corrected chi connectivity index (χ3v) is 3.32. The van der Waals surface area contributed by atoms with Gasteiger partial charge in [-0.2, -0.15) is 0 Å². The van der Waals surface area contributed by atoms with Gasteiger partial charge in [-0.05, 0) is 43.2 Å². The molecule has 0 spiro atoms. The Morgan fingerprint density at radius 1 is 1.16 bits per heavy atom. The Labute approximate surface area is 146 Å². The average molecular weight is 342 g/mol. The van der Waals surface area contributed by atoms with Gasteiger partial charge in [0.2, 0.25) is 5.95 Å². The van der Waals surface area contributed by atoms with Crippen LogP contribution in [0.1, 0.15) is 40.4 Å². The molecular weight excluding hydrogens is 320 g/mol. The fourth-order valence-corrected chi connectivity index (χ4v) is 2.06. The molecule has 2 aromatic rings. The van der Waals surface area contributed by atoms with Gasteiger partial charge in [0.25, 0.3) is 5.91 Å². The molecule has 0 atom stereocenters. The Bertz CT molecular complexity index is 757. The van der Waals surface area contributed by atoms with E-state index >= 15 is 0 Å². The van der Waals surface area contributed by atoms with Crippen LogP contribution in [0.3, 0.4) is 0 Å². The summed E-state index contributed by atoms with van der Waals surface area (Å²) in [6.07, 6.45) is 0. The summed E-state index contributed by atoms with van der Waals surface area (Å²) < 4.78 is 4.66. The van der Waals surface area contributed by atoms with Crippen LogP contribution in [-0.2, 0) is 4.74 Å². The number of nitrogens with one attached hydrogen (secondary N) is 2. The largest absolute Gasteiger partial charge is 0.465 e. The molecule has 0 aliphatic rings. The van der Waals surface area contributed by atoms with Gasteiger partial charge >= 0.3 is 5.97 Å². The summed E-state index contributed by atoms with van der Waals surface area (Å²) in [5, 5.41) is 5.87. The van der Waals surface area contributed by atoms with Crippen molar-refractivity contribution in [3.05, 3.63) is 47.3 Å². The van der Waals surface area contributed by atoms with Gasteiger partial charge in [0.15, 0.2) is 0 Å². The van der Waals surface area contributed by atoms with Crippen molar-refractivity contribution < 1.29 is 14.3 Å². The SMILES string of the molecule is COC(=O)c1ccc(Nc2nc(C)cc(C(=O)NCC(C)C)n2)cc1. The highest BCUT2D eigenvalue weighted by atomic mass is 16.5. The Morgan fingerprint density at radius 3 is 2.44 bits per heavy atom. The topological polar surface area (TPSA) is 93.2 Å². The molecule has 1 heterocycles. The molecule has 7 nitrogen and oxygen atoms in total. The van der Waals surface area contributed by atoms with E-state index in [1.54, 1.807) is 37.3 Å². The number of amides is 1. The van der Waals surface area contributed by atoms with E-state index in [9.17, 15) is 9.59 Å². The van der Waals surface area contributed by atoms with E-state index in [1.807, 2.05) is 13.8 Å². The lowest BCUT2D eigenvalue weighted by atomic mass is 10.2. The second kappa shape index (κ2) is 8.23. The number of rotatable bonds is 6. The quantitative estimate of drug-likeness (QED) is 0.784. The lowest BCUT2D eigenvalue weighted by molar-refractivity contribution is 0.0600. The van der Waals surface area contributed by atoms with Gasteiger partial charge in [-0.1, -0.05) is 13.8 Å². The maximum atomic E-state index is 12.2. The number of carbonyl (C=O) groups is 2. The van der Waals surface area contributed by atoms with Gasteiger partial charge in [0.1, 0.15) is 5.69 Å². The van der Waals surface area contributed by atoms with E-state index in [0.717, 1.165) is 0 Å². The highest BCUT2D eigenvalue weighted by Gasteiger charge is 2.11. The van der Waals surface area contributed by atoms with Crippen LogP contribution >= 0.6 is 0 Å². The number of methoxy groups -OCH3 is 1. The fraction of sp³-hybridized carbons (Fsp3) is 0.333. The van der Waals surface area contributed by atoms with Crippen molar-refractivity contribution in [3.63, 3.8) is 0 Å². The number of esters is 1. The zero-order valence-corrected chi connectivity index (χ0v) is 14.8. The number of hydrogen-bond acceptors (Lipinski definition) is 6. The van der Waals surface area contributed by atoms with Crippen molar-refractivity contribution in [3.8, 4) is 0 Å². The Kier molecular flexibility index (Phi) is 6.05. The molecule has 2 rings (SSSR count). The van der Waals surface area contributed by atoms with Crippen LogP contribution in [0.2, 0.25) is 0 Å². The highest BCUT2D eigenvalue weighted by molar-refractivity contribution is 5.92. The van der Waals surface area contributed by atoms with Crippen molar-refractivity contribution in [2.45, 2.75) is 20.8 Å². The molecule has 1 aromatic carbocycles. The average Bonchev–Trinajstić information content (AvgIpc) is 2.59. The second-order valence-electron chi connectivity index (χ2n) is 6.02. The predicted molar refractivity (Wildman–Crippen MR) is 95.0 cm³/mol. The summed E-state index contributed by atoms with van der Waals surface area (Å²) in [7, 11) is 1.33. The third-order valence-electron chi connectivity index (χ3n) is 3.32. The number of nitrogens with zero attached hydrogens (tertiary/aromatic N) is 2. The van der Waals surface area contributed by atoms with Gasteiger partial charge in [0, 0.05) is 17.9 Å². The van der Waals surface area contributed by atoms with Gasteiger partial charge in [-0.25, -0.2) is 14.8 Å². The van der Waals surface area contributed by atoms with Crippen LogP contribution in [0.5, 0.6) is 0 Å². The smallest absolute Gasteiger partial charge is 0.337 e. The van der Waals surface area contributed by atoms with E-state index in [0.29, 0.717) is 41.0 Å². The van der Waals surface area contributed by atoms with Crippen LogP contribution in [0.15, 0.2) is 30.3 Å². The van der Waals surface area contributed by atoms with Gasteiger partial charge < -0.3 is 15.4 Å². The summed E-state index contributed by atoms with van der Waals surface area (Å²) >= 11 is 0. The number of anilines is 2. The Morgan fingerprint density at radius 2 is 1.84 bits per heavy atom. The first-order chi connectivity index (χ1) is 11.9. The normalized spacial score (nSPS) is 10.4. The minimum atomic E-state index is -0.400. The maximum Gasteiger partial charge on any atom is 0.337 e. The van der Waals surface area contributed by atoms with Gasteiger partial charge in [-0.3, -0.25) is 4.79 Å². The number of benzene rings is 1. The number of aromatic nitrogens is 2. The Hall–Kier alpha value is -2.96. The molecule has 0 aliphatic heterocycles. The molecule has 0 radical (unpaired) electrons. The summed E-state index contributed by atoms with van der Waals surface area (Å²) in [6.45, 7) is 6.43. The van der Waals surface area contributed by atoms with E-state index in [2.05, 4.69) is 25.3 Å². The maximum absolute atomic E-state index is 12.2. The van der Waals surface area contributed by atoms with Crippen LogP contribution in [0.4, 0.5) is 11.6 Å². The van der Waals surface area contributed by atoms with Crippen molar-refractivity contribution in [1.29, 1.82) is 0 Å². The molecule has 0 bridgehead atoms. The summed E-state index contributed by atoms with van der Waals surface area (Å²) in [6, 6.07) is 8.36. The molecular formula is C18H22N4O3.